The molecule has 2 aromatic carbocycles. The van der Waals surface area contributed by atoms with E-state index in [1.54, 1.807) is 0 Å². The van der Waals surface area contributed by atoms with Gasteiger partial charge in [0, 0.05) is 25.5 Å². The largest absolute Gasteiger partial charge is 0.416 e. The first-order valence-electron chi connectivity index (χ1n) is 7.74. The first-order valence-corrected chi connectivity index (χ1v) is 9.18. The number of sulfonamides is 1. The summed E-state index contributed by atoms with van der Waals surface area (Å²) >= 11 is 0. The van der Waals surface area contributed by atoms with Crippen molar-refractivity contribution in [2.24, 2.45) is 0 Å². The van der Waals surface area contributed by atoms with Crippen molar-refractivity contribution in [2.75, 3.05) is 31.3 Å². The Balaban J connectivity index is 1.98. The predicted molar refractivity (Wildman–Crippen MR) is 95.9 cm³/mol. The minimum atomic E-state index is -4.42. The molecular formula is C17H18F3N3O3S. The number of carbonyl (C=O) groups excluding carboxylic acids is 1. The van der Waals surface area contributed by atoms with Crippen LogP contribution in [-0.4, -0.2) is 39.3 Å². The Morgan fingerprint density at radius 3 is 2.22 bits per heavy atom. The summed E-state index contributed by atoms with van der Waals surface area (Å²) in [5.74, 6) is -0.478. The van der Waals surface area contributed by atoms with Gasteiger partial charge in [-0.2, -0.15) is 13.2 Å². The molecule has 0 aromatic heterocycles. The van der Waals surface area contributed by atoms with Crippen molar-refractivity contribution in [1.29, 1.82) is 0 Å². The highest BCUT2D eigenvalue weighted by atomic mass is 32.2. The number of halogens is 3. The molecule has 27 heavy (non-hydrogen) atoms. The Morgan fingerprint density at radius 1 is 1.04 bits per heavy atom. The monoisotopic (exact) mass is 401 g/mol. The molecule has 0 aliphatic heterocycles. The number of hydrogen-bond donors (Lipinski definition) is 2. The third-order valence-electron chi connectivity index (χ3n) is 3.56. The second kappa shape index (κ2) is 7.97. The van der Waals surface area contributed by atoms with Crippen LogP contribution < -0.4 is 10.6 Å². The smallest absolute Gasteiger partial charge is 0.376 e. The molecule has 6 nitrogen and oxygen atoms in total. The van der Waals surface area contributed by atoms with Crippen molar-refractivity contribution in [1.82, 2.24) is 4.31 Å². The zero-order valence-electron chi connectivity index (χ0n) is 14.5. The van der Waals surface area contributed by atoms with Crippen LogP contribution >= 0.6 is 0 Å². The number of carbonyl (C=O) groups is 1. The highest BCUT2D eigenvalue weighted by Gasteiger charge is 2.29. The highest BCUT2D eigenvalue weighted by molar-refractivity contribution is 7.89. The number of nitrogens with zero attached hydrogens (tertiary/aromatic N) is 1. The summed E-state index contributed by atoms with van der Waals surface area (Å²) in [4.78, 5) is 12.0. The Labute approximate surface area is 155 Å². The SMILES string of the molecule is CN(C)S(=O)(=O)c1cccc(NC(=O)CNc2ccc(C(F)(F)F)cc2)c1. The molecule has 0 atom stereocenters. The maximum absolute atomic E-state index is 12.5. The summed E-state index contributed by atoms with van der Waals surface area (Å²) in [5, 5.41) is 5.24. The maximum Gasteiger partial charge on any atom is 0.416 e. The van der Waals surface area contributed by atoms with Gasteiger partial charge in [-0.1, -0.05) is 6.07 Å². The zero-order valence-corrected chi connectivity index (χ0v) is 15.4. The second-order valence-corrected chi connectivity index (χ2v) is 7.94. The molecule has 0 heterocycles. The molecular weight excluding hydrogens is 383 g/mol. The van der Waals surface area contributed by atoms with Gasteiger partial charge in [-0.05, 0) is 42.5 Å². The van der Waals surface area contributed by atoms with E-state index in [4.69, 9.17) is 0 Å². The van der Waals surface area contributed by atoms with E-state index < -0.39 is 27.7 Å². The van der Waals surface area contributed by atoms with Crippen molar-refractivity contribution in [3.8, 4) is 0 Å². The van der Waals surface area contributed by atoms with Gasteiger partial charge in [0.15, 0.2) is 0 Å². The minimum Gasteiger partial charge on any atom is -0.376 e. The molecule has 2 aromatic rings. The van der Waals surface area contributed by atoms with Crippen molar-refractivity contribution < 1.29 is 26.4 Å². The van der Waals surface area contributed by atoms with Crippen LogP contribution in [0.2, 0.25) is 0 Å². The van der Waals surface area contributed by atoms with Crippen molar-refractivity contribution >= 4 is 27.3 Å². The molecule has 0 fully saturated rings. The molecule has 0 aliphatic carbocycles. The van der Waals surface area contributed by atoms with Crippen molar-refractivity contribution in [3.63, 3.8) is 0 Å². The van der Waals surface area contributed by atoms with Crippen LogP contribution in [0.25, 0.3) is 0 Å². The molecule has 0 spiro atoms. The number of anilines is 2. The van der Waals surface area contributed by atoms with E-state index >= 15 is 0 Å². The highest BCUT2D eigenvalue weighted by Crippen LogP contribution is 2.29. The lowest BCUT2D eigenvalue weighted by Crippen LogP contribution is -2.23. The predicted octanol–water partition coefficient (Wildman–Crippen LogP) is 3.01. The summed E-state index contributed by atoms with van der Waals surface area (Å²) in [6.07, 6.45) is -4.42. The zero-order chi connectivity index (χ0) is 20.2. The van der Waals surface area contributed by atoms with Gasteiger partial charge in [0.2, 0.25) is 15.9 Å². The molecule has 146 valence electrons. The summed E-state index contributed by atoms with van der Waals surface area (Å²) in [6.45, 7) is -0.198. The molecule has 2 rings (SSSR count). The van der Waals surface area contributed by atoms with E-state index in [9.17, 15) is 26.4 Å². The van der Waals surface area contributed by atoms with E-state index in [2.05, 4.69) is 10.6 Å². The number of rotatable bonds is 6. The van der Waals surface area contributed by atoms with Crippen LogP contribution in [-0.2, 0) is 21.0 Å². The third kappa shape index (κ3) is 5.44. The van der Waals surface area contributed by atoms with Gasteiger partial charge < -0.3 is 10.6 Å². The lowest BCUT2D eigenvalue weighted by atomic mass is 10.2. The summed E-state index contributed by atoms with van der Waals surface area (Å²) in [6, 6.07) is 10.0. The fraction of sp³-hybridized carbons (Fsp3) is 0.235. The molecule has 0 unspecified atom stereocenters. The first-order chi connectivity index (χ1) is 12.5. The topological polar surface area (TPSA) is 78.5 Å². The van der Waals surface area contributed by atoms with E-state index in [0.29, 0.717) is 5.69 Å². The van der Waals surface area contributed by atoms with E-state index in [0.717, 1.165) is 16.4 Å². The van der Waals surface area contributed by atoms with Crippen molar-refractivity contribution in [3.05, 3.63) is 54.1 Å². The Hall–Kier alpha value is -2.59. The number of hydrogen-bond acceptors (Lipinski definition) is 4. The summed E-state index contributed by atoms with van der Waals surface area (Å²) < 4.78 is 62.8. The van der Waals surface area contributed by atoms with E-state index in [1.165, 1.54) is 50.5 Å². The molecule has 2 N–H and O–H groups in total. The summed E-state index contributed by atoms with van der Waals surface area (Å²) in [7, 11) is -0.837. The fourth-order valence-electron chi connectivity index (χ4n) is 2.11. The number of nitrogens with one attached hydrogen (secondary N) is 2. The number of benzene rings is 2. The Kier molecular flexibility index (Phi) is 6.11. The molecule has 0 saturated carbocycles. The molecule has 1 amide bonds. The third-order valence-corrected chi connectivity index (χ3v) is 5.37. The van der Waals surface area contributed by atoms with Gasteiger partial charge in [0.1, 0.15) is 0 Å². The van der Waals surface area contributed by atoms with Crippen LogP contribution in [0, 0.1) is 0 Å². The molecule has 0 aliphatic rings. The summed E-state index contributed by atoms with van der Waals surface area (Å²) in [5.41, 5.74) is -0.143. The second-order valence-electron chi connectivity index (χ2n) is 5.79. The normalized spacial score (nSPS) is 12.1. The van der Waals surface area contributed by atoms with Gasteiger partial charge >= 0.3 is 6.18 Å². The van der Waals surface area contributed by atoms with Crippen LogP contribution in [0.5, 0.6) is 0 Å². The minimum absolute atomic E-state index is 0.0287. The number of alkyl halides is 3. The molecule has 10 heteroatoms. The van der Waals surface area contributed by atoms with Crippen LogP contribution in [0.15, 0.2) is 53.4 Å². The Bertz CT molecular complexity index is 911. The van der Waals surface area contributed by atoms with Gasteiger partial charge in [0.05, 0.1) is 17.0 Å². The molecule has 0 radical (unpaired) electrons. The quantitative estimate of drug-likeness (QED) is 0.780. The van der Waals surface area contributed by atoms with Crippen molar-refractivity contribution in [2.45, 2.75) is 11.1 Å². The first kappa shape index (κ1) is 20.7. The lowest BCUT2D eigenvalue weighted by molar-refractivity contribution is -0.137. The van der Waals surface area contributed by atoms with Gasteiger partial charge in [-0.15, -0.1) is 0 Å². The molecule has 0 saturated heterocycles. The van der Waals surface area contributed by atoms with E-state index in [1.807, 2.05) is 0 Å². The lowest BCUT2D eigenvalue weighted by Gasteiger charge is -2.13. The average Bonchev–Trinajstić information content (AvgIpc) is 2.59. The van der Waals surface area contributed by atoms with E-state index in [-0.39, 0.29) is 17.1 Å². The van der Waals surface area contributed by atoms with Crippen LogP contribution in [0.1, 0.15) is 5.56 Å². The van der Waals surface area contributed by atoms with Crippen LogP contribution in [0.4, 0.5) is 24.5 Å². The number of amides is 1. The average molecular weight is 401 g/mol. The van der Waals surface area contributed by atoms with Gasteiger partial charge in [0.25, 0.3) is 0 Å². The fourth-order valence-corrected chi connectivity index (χ4v) is 3.06. The maximum atomic E-state index is 12.5. The van der Waals surface area contributed by atoms with Gasteiger partial charge in [-0.25, -0.2) is 12.7 Å². The Morgan fingerprint density at radius 2 is 1.67 bits per heavy atom. The van der Waals surface area contributed by atoms with Crippen LogP contribution in [0.3, 0.4) is 0 Å². The standard InChI is InChI=1S/C17H18F3N3O3S/c1-23(2)27(25,26)15-5-3-4-14(10-15)22-16(24)11-21-13-8-6-12(7-9-13)17(18,19)20/h3-10,21H,11H2,1-2H3,(H,22,24). The molecule has 0 bridgehead atoms. The van der Waals surface area contributed by atoms with Gasteiger partial charge in [-0.3, -0.25) is 4.79 Å².